The summed E-state index contributed by atoms with van der Waals surface area (Å²) >= 11 is 0. The number of ketones is 1. The molecule has 0 saturated heterocycles. The minimum atomic E-state index is -0.413. The molecular formula is C15H14NO3+. The van der Waals surface area contributed by atoms with Crippen molar-refractivity contribution in [3.63, 3.8) is 0 Å². The van der Waals surface area contributed by atoms with Crippen LogP contribution in [0.2, 0.25) is 0 Å². The lowest BCUT2D eigenvalue weighted by Crippen LogP contribution is -2.49. The highest BCUT2D eigenvalue weighted by Crippen LogP contribution is 2.37. The Bertz CT molecular complexity index is 641. The van der Waals surface area contributed by atoms with Crippen LogP contribution in [0.5, 0.6) is 5.75 Å². The second-order valence-corrected chi connectivity index (χ2v) is 5.23. The van der Waals surface area contributed by atoms with Gasteiger partial charge in [0.05, 0.1) is 25.2 Å². The van der Waals surface area contributed by atoms with Gasteiger partial charge in [0.2, 0.25) is 12.1 Å². The number of hydrogen-bond acceptors (Lipinski definition) is 3. The van der Waals surface area contributed by atoms with Gasteiger partial charge in [0.25, 0.3) is 0 Å². The summed E-state index contributed by atoms with van der Waals surface area (Å²) in [7, 11) is 3.72. The molecule has 0 fully saturated rings. The Morgan fingerprint density at radius 1 is 1.26 bits per heavy atom. The van der Waals surface area contributed by atoms with E-state index >= 15 is 0 Å². The van der Waals surface area contributed by atoms with Crippen molar-refractivity contribution < 1.29 is 18.8 Å². The summed E-state index contributed by atoms with van der Waals surface area (Å²) in [5.74, 6) is 0.549. The van der Waals surface area contributed by atoms with Gasteiger partial charge >= 0.3 is 0 Å². The van der Waals surface area contributed by atoms with E-state index in [0.717, 1.165) is 11.9 Å². The first kappa shape index (κ1) is 11.9. The molecule has 0 amide bonds. The fourth-order valence-electron chi connectivity index (χ4n) is 2.70. The van der Waals surface area contributed by atoms with E-state index < -0.39 is 6.04 Å². The third-order valence-corrected chi connectivity index (χ3v) is 3.78. The number of quaternary nitrogens is 1. The number of rotatable bonds is 1. The molecule has 0 N–H and O–H groups in total. The fourth-order valence-corrected chi connectivity index (χ4v) is 2.70. The zero-order valence-corrected chi connectivity index (χ0v) is 10.8. The summed E-state index contributed by atoms with van der Waals surface area (Å²) in [5, 5.41) is 0. The van der Waals surface area contributed by atoms with Gasteiger partial charge < -0.3 is 4.74 Å². The number of carbonyl (C=O) groups is 2. The van der Waals surface area contributed by atoms with E-state index in [9.17, 15) is 9.59 Å². The third kappa shape index (κ3) is 1.57. The maximum absolute atomic E-state index is 12.7. The van der Waals surface area contributed by atoms with Crippen LogP contribution >= 0.6 is 0 Å². The lowest BCUT2D eigenvalue weighted by atomic mass is 9.98. The molecule has 96 valence electrons. The third-order valence-electron chi connectivity index (χ3n) is 3.78. The first-order valence-corrected chi connectivity index (χ1v) is 6.07. The number of nitrogens with zero attached hydrogens (tertiary/aromatic N) is 1. The molecule has 0 bridgehead atoms. The number of aldehydes is 1. The Balaban J connectivity index is 2.17. The van der Waals surface area contributed by atoms with E-state index in [1.807, 2.05) is 26.2 Å². The number of allylic oxidation sites excluding steroid dienone is 1. The number of ether oxygens (including phenoxy) is 1. The zero-order chi connectivity index (χ0) is 13.6. The standard InChI is InChI=1S/C15H14NO3/c1-16(2)11(8-17)7-10-9-19-13-6-4-3-5-12(13)15(18)14(10)16/h3-9,14H,1-2H3/q+1. The summed E-state index contributed by atoms with van der Waals surface area (Å²) in [4.78, 5) is 23.9. The number of likely N-dealkylation sites (N-methyl/N-ethyl adjacent to an activating group) is 1. The monoisotopic (exact) mass is 256 g/mol. The van der Waals surface area contributed by atoms with Gasteiger partial charge in [-0.05, 0) is 12.1 Å². The summed E-state index contributed by atoms with van der Waals surface area (Å²) < 4.78 is 5.79. The Labute approximate surface area is 111 Å². The second kappa shape index (κ2) is 3.90. The van der Waals surface area contributed by atoms with Gasteiger partial charge in [-0.3, -0.25) is 14.1 Å². The van der Waals surface area contributed by atoms with Gasteiger partial charge in [-0.15, -0.1) is 0 Å². The number of benzene rings is 1. The number of para-hydroxylation sites is 1. The highest BCUT2D eigenvalue weighted by atomic mass is 16.5. The molecule has 19 heavy (non-hydrogen) atoms. The normalized spacial score (nSPS) is 23.5. The molecule has 1 aromatic rings. The van der Waals surface area contributed by atoms with Crippen LogP contribution in [0, 0.1) is 0 Å². The van der Waals surface area contributed by atoms with Crippen molar-refractivity contribution in [1.29, 1.82) is 0 Å². The Hall–Kier alpha value is -2.20. The Morgan fingerprint density at radius 2 is 2.00 bits per heavy atom. The highest BCUT2D eigenvalue weighted by molar-refractivity contribution is 6.05. The smallest absolute Gasteiger partial charge is 0.229 e. The molecule has 0 aromatic heterocycles. The van der Waals surface area contributed by atoms with Crippen molar-refractivity contribution in [3.8, 4) is 5.75 Å². The molecule has 4 heteroatoms. The molecule has 0 saturated carbocycles. The molecule has 1 atom stereocenters. The molecule has 2 heterocycles. The predicted molar refractivity (Wildman–Crippen MR) is 69.5 cm³/mol. The predicted octanol–water partition coefficient (Wildman–Crippen LogP) is 1.69. The molecule has 0 radical (unpaired) electrons. The van der Waals surface area contributed by atoms with Crippen molar-refractivity contribution in [2.24, 2.45) is 0 Å². The van der Waals surface area contributed by atoms with Gasteiger partial charge in [-0.2, -0.15) is 0 Å². The molecule has 2 aliphatic rings. The lowest BCUT2D eigenvalue weighted by Gasteiger charge is -2.31. The van der Waals surface area contributed by atoms with Crippen molar-refractivity contribution in [1.82, 2.24) is 0 Å². The van der Waals surface area contributed by atoms with E-state index in [-0.39, 0.29) is 10.3 Å². The molecule has 0 spiro atoms. The van der Waals surface area contributed by atoms with Gasteiger partial charge in [-0.1, -0.05) is 12.1 Å². The maximum atomic E-state index is 12.7. The van der Waals surface area contributed by atoms with Crippen LogP contribution in [0.15, 0.2) is 47.9 Å². The zero-order valence-electron chi connectivity index (χ0n) is 10.8. The Kier molecular flexibility index (Phi) is 2.43. The number of carbonyl (C=O) groups excluding carboxylic acids is 2. The van der Waals surface area contributed by atoms with Crippen molar-refractivity contribution in [2.45, 2.75) is 6.04 Å². The van der Waals surface area contributed by atoms with E-state index in [1.54, 1.807) is 24.5 Å². The Morgan fingerprint density at radius 3 is 2.74 bits per heavy atom. The van der Waals surface area contributed by atoms with Crippen LogP contribution in [-0.2, 0) is 4.79 Å². The van der Waals surface area contributed by atoms with Crippen LogP contribution in [0.3, 0.4) is 0 Å². The summed E-state index contributed by atoms with van der Waals surface area (Å²) in [6, 6.07) is 6.76. The molecule has 4 nitrogen and oxygen atoms in total. The molecule has 1 aromatic carbocycles. The quantitative estimate of drug-likeness (QED) is 0.567. The van der Waals surface area contributed by atoms with Crippen molar-refractivity contribution >= 4 is 12.1 Å². The number of hydrogen-bond donors (Lipinski definition) is 0. The van der Waals surface area contributed by atoms with Crippen LogP contribution in [0.4, 0.5) is 0 Å². The summed E-state index contributed by atoms with van der Waals surface area (Å²) in [6.07, 6.45) is 4.11. The molecule has 2 aliphatic heterocycles. The average molecular weight is 256 g/mol. The SMILES string of the molecule is C[N+]1(C)C(C=O)=CC2=COc3ccccc3C(=O)C21. The van der Waals surface area contributed by atoms with E-state index in [2.05, 4.69) is 0 Å². The molecule has 0 aliphatic carbocycles. The van der Waals surface area contributed by atoms with Crippen LogP contribution < -0.4 is 4.74 Å². The average Bonchev–Trinajstić information content (AvgIpc) is 2.56. The van der Waals surface area contributed by atoms with Crippen LogP contribution in [0.1, 0.15) is 10.4 Å². The minimum Gasteiger partial charge on any atom is -0.464 e. The molecular weight excluding hydrogens is 242 g/mol. The van der Waals surface area contributed by atoms with Crippen LogP contribution in [-0.4, -0.2) is 36.7 Å². The van der Waals surface area contributed by atoms with E-state index in [0.29, 0.717) is 17.0 Å². The van der Waals surface area contributed by atoms with Gasteiger partial charge in [0.1, 0.15) is 12.0 Å². The van der Waals surface area contributed by atoms with Gasteiger partial charge in [0.15, 0.2) is 11.7 Å². The van der Waals surface area contributed by atoms with E-state index in [1.165, 1.54) is 0 Å². The van der Waals surface area contributed by atoms with Gasteiger partial charge in [0, 0.05) is 6.08 Å². The van der Waals surface area contributed by atoms with E-state index in [4.69, 9.17) is 4.74 Å². The topological polar surface area (TPSA) is 43.4 Å². The first-order chi connectivity index (χ1) is 9.05. The van der Waals surface area contributed by atoms with Crippen molar-refractivity contribution in [3.05, 3.63) is 53.4 Å². The second-order valence-electron chi connectivity index (χ2n) is 5.23. The lowest BCUT2D eigenvalue weighted by molar-refractivity contribution is -0.852. The van der Waals surface area contributed by atoms with Crippen LogP contribution in [0.25, 0.3) is 0 Å². The summed E-state index contributed by atoms with van der Waals surface area (Å²) in [6.45, 7) is 0. The molecule has 3 rings (SSSR count). The minimum absolute atomic E-state index is 0.0162. The fraction of sp³-hybridized carbons (Fsp3) is 0.200. The first-order valence-electron chi connectivity index (χ1n) is 6.07. The number of Topliss-reactive ketones (excluding diaryl/α,β-unsaturated/α-hetero) is 1. The maximum Gasteiger partial charge on any atom is 0.229 e. The number of fused-ring (bicyclic) bond motifs is 2. The largest absolute Gasteiger partial charge is 0.464 e. The highest BCUT2D eigenvalue weighted by Gasteiger charge is 2.47. The molecule has 1 unspecified atom stereocenters. The van der Waals surface area contributed by atoms with Crippen molar-refractivity contribution in [2.75, 3.05) is 14.1 Å². The van der Waals surface area contributed by atoms with Gasteiger partial charge in [-0.25, -0.2) is 0 Å². The summed E-state index contributed by atoms with van der Waals surface area (Å²) in [5.41, 5.74) is 1.88.